The van der Waals surface area contributed by atoms with Crippen LogP contribution in [-0.2, 0) is 4.74 Å². The molecule has 0 saturated heterocycles. The van der Waals surface area contributed by atoms with E-state index in [0.29, 0.717) is 12.2 Å². The number of carbonyl (C=O) groups excluding carboxylic acids is 1. The maximum absolute atomic E-state index is 14.9. The smallest absolute Gasteiger partial charge is 0.338 e. The molecule has 0 unspecified atom stereocenters. The summed E-state index contributed by atoms with van der Waals surface area (Å²) in [6.45, 7) is 4.76. The highest BCUT2D eigenvalue weighted by Crippen LogP contribution is 2.37. The number of halogens is 1. The predicted molar refractivity (Wildman–Crippen MR) is 124 cm³/mol. The quantitative estimate of drug-likeness (QED) is 0.354. The van der Waals surface area contributed by atoms with Gasteiger partial charge in [-0.25, -0.2) is 9.18 Å². The van der Waals surface area contributed by atoms with Gasteiger partial charge in [0.15, 0.2) is 0 Å². The Labute approximate surface area is 187 Å². The van der Waals surface area contributed by atoms with Crippen molar-refractivity contribution < 1.29 is 18.7 Å². The average Bonchev–Trinajstić information content (AvgIpc) is 3.18. The lowest BCUT2D eigenvalue weighted by Crippen LogP contribution is -2.24. The van der Waals surface area contributed by atoms with Crippen LogP contribution in [0, 0.1) is 11.7 Å². The highest BCUT2D eigenvalue weighted by molar-refractivity contribution is 7.22. The van der Waals surface area contributed by atoms with Crippen molar-refractivity contribution in [3.63, 3.8) is 0 Å². The fourth-order valence-electron chi connectivity index (χ4n) is 4.41. The molecule has 1 fully saturated rings. The first-order valence-electron chi connectivity index (χ1n) is 11.2. The average molecular weight is 441 g/mol. The van der Waals surface area contributed by atoms with Crippen molar-refractivity contribution in [2.45, 2.75) is 58.5 Å². The van der Waals surface area contributed by atoms with E-state index in [1.165, 1.54) is 30.2 Å². The maximum atomic E-state index is 14.9. The Kier molecular flexibility index (Phi) is 6.91. The number of fused-ring (bicyclic) bond motifs is 1. The highest BCUT2D eigenvalue weighted by atomic mass is 32.1. The van der Waals surface area contributed by atoms with E-state index in [1.54, 1.807) is 12.1 Å². The van der Waals surface area contributed by atoms with Gasteiger partial charge in [0.25, 0.3) is 0 Å². The molecule has 1 aliphatic rings. The Bertz CT molecular complexity index is 1050. The molecular formula is C26H29FO3S. The number of thiophene rings is 1. The van der Waals surface area contributed by atoms with Crippen LogP contribution in [0.3, 0.4) is 0 Å². The number of carbonyl (C=O) groups is 1. The van der Waals surface area contributed by atoms with Crippen LogP contribution >= 0.6 is 11.3 Å². The van der Waals surface area contributed by atoms with E-state index in [9.17, 15) is 9.18 Å². The molecule has 2 aromatic carbocycles. The fourth-order valence-corrected chi connectivity index (χ4v) is 5.53. The second-order valence-corrected chi connectivity index (χ2v) is 9.36. The molecule has 0 aliphatic heterocycles. The molecule has 1 heterocycles. The molecule has 0 amide bonds. The molecule has 0 bridgehead atoms. The molecular weight excluding hydrogens is 411 g/mol. The first-order chi connectivity index (χ1) is 15.1. The molecule has 3 aromatic rings. The summed E-state index contributed by atoms with van der Waals surface area (Å²) in [5.41, 5.74) is 0.771. The molecule has 1 aromatic heterocycles. The van der Waals surface area contributed by atoms with E-state index in [1.807, 2.05) is 31.2 Å². The number of ether oxygens (including phenoxy) is 2. The minimum atomic E-state index is -0.429. The van der Waals surface area contributed by atoms with Crippen LogP contribution in [-0.4, -0.2) is 18.7 Å². The van der Waals surface area contributed by atoms with Crippen molar-refractivity contribution in [3.05, 3.63) is 53.8 Å². The Morgan fingerprint density at radius 2 is 1.87 bits per heavy atom. The first-order valence-corrected chi connectivity index (χ1v) is 12.1. The normalized spacial score (nSPS) is 18.8. The Morgan fingerprint density at radius 1 is 1.06 bits per heavy atom. The van der Waals surface area contributed by atoms with Crippen LogP contribution in [0.5, 0.6) is 5.75 Å². The summed E-state index contributed by atoms with van der Waals surface area (Å²) in [4.78, 5) is 13.4. The molecule has 1 aliphatic carbocycles. The summed E-state index contributed by atoms with van der Waals surface area (Å²) < 4.78 is 27.2. The molecule has 4 rings (SSSR count). The second kappa shape index (κ2) is 9.82. The van der Waals surface area contributed by atoms with Crippen LogP contribution in [0.4, 0.5) is 4.39 Å². The standard InChI is InChI=1S/C26H29FO3S/c1-3-5-17-6-10-20(11-7-17)30-26(28)19-9-13-22(23(27)14-19)25-15-18-8-12-21(29-4-2)16-24(18)31-25/h8-9,12-17,20H,3-7,10-11H2,1-2H3. The van der Waals surface area contributed by atoms with Gasteiger partial charge in [-0.2, -0.15) is 0 Å². The molecule has 164 valence electrons. The van der Waals surface area contributed by atoms with Gasteiger partial charge >= 0.3 is 5.97 Å². The zero-order chi connectivity index (χ0) is 21.8. The summed E-state index contributed by atoms with van der Waals surface area (Å²) in [6.07, 6.45) is 6.42. The van der Waals surface area contributed by atoms with Gasteiger partial charge in [-0.3, -0.25) is 0 Å². The van der Waals surface area contributed by atoms with Gasteiger partial charge in [0.2, 0.25) is 0 Å². The summed E-state index contributed by atoms with van der Waals surface area (Å²) >= 11 is 1.52. The molecule has 0 spiro atoms. The van der Waals surface area contributed by atoms with Gasteiger partial charge in [-0.15, -0.1) is 11.3 Å². The lowest BCUT2D eigenvalue weighted by Gasteiger charge is -2.28. The summed E-state index contributed by atoms with van der Waals surface area (Å²) in [5, 5.41) is 1.05. The molecule has 0 N–H and O–H groups in total. The van der Waals surface area contributed by atoms with Crippen LogP contribution in [0.15, 0.2) is 42.5 Å². The highest BCUT2D eigenvalue weighted by Gasteiger charge is 2.24. The number of rotatable bonds is 7. The van der Waals surface area contributed by atoms with Crippen molar-refractivity contribution in [2.24, 2.45) is 5.92 Å². The number of benzene rings is 2. The molecule has 5 heteroatoms. The first kappa shape index (κ1) is 21.8. The number of esters is 1. The topological polar surface area (TPSA) is 35.5 Å². The van der Waals surface area contributed by atoms with Gasteiger partial charge in [0.1, 0.15) is 17.7 Å². The monoisotopic (exact) mass is 440 g/mol. The number of hydrogen-bond donors (Lipinski definition) is 0. The zero-order valence-corrected chi connectivity index (χ0v) is 19.0. The maximum Gasteiger partial charge on any atom is 0.338 e. The largest absolute Gasteiger partial charge is 0.494 e. The molecule has 0 radical (unpaired) electrons. The predicted octanol–water partition coefficient (Wildman–Crippen LogP) is 7.62. The van der Waals surface area contributed by atoms with Gasteiger partial charge in [0, 0.05) is 15.1 Å². The second-order valence-electron chi connectivity index (χ2n) is 8.27. The fraction of sp³-hybridized carbons (Fsp3) is 0.423. The van der Waals surface area contributed by atoms with Crippen molar-refractivity contribution in [1.82, 2.24) is 0 Å². The van der Waals surface area contributed by atoms with Crippen molar-refractivity contribution in [2.75, 3.05) is 6.61 Å². The molecule has 3 nitrogen and oxygen atoms in total. The third-order valence-electron chi connectivity index (χ3n) is 6.04. The SMILES string of the molecule is CCCC1CCC(OC(=O)c2ccc(-c3cc4ccc(OCC)cc4s3)c(F)c2)CC1. The van der Waals surface area contributed by atoms with Crippen molar-refractivity contribution in [1.29, 1.82) is 0 Å². The minimum absolute atomic E-state index is 0.0505. The Hall–Kier alpha value is -2.40. The Morgan fingerprint density at radius 3 is 2.58 bits per heavy atom. The van der Waals surface area contributed by atoms with E-state index >= 15 is 0 Å². The summed E-state index contributed by atoms with van der Waals surface area (Å²) in [7, 11) is 0. The summed E-state index contributed by atoms with van der Waals surface area (Å²) in [6, 6.07) is 12.5. The van der Waals surface area contributed by atoms with Gasteiger partial charge in [0.05, 0.1) is 12.2 Å². The van der Waals surface area contributed by atoms with Gasteiger partial charge in [-0.1, -0.05) is 19.8 Å². The van der Waals surface area contributed by atoms with Gasteiger partial charge in [-0.05, 0) is 86.4 Å². The molecule has 31 heavy (non-hydrogen) atoms. The lowest BCUT2D eigenvalue weighted by atomic mass is 9.85. The van der Waals surface area contributed by atoms with Crippen LogP contribution in [0.1, 0.15) is 62.7 Å². The van der Waals surface area contributed by atoms with Crippen LogP contribution < -0.4 is 4.74 Å². The third-order valence-corrected chi connectivity index (χ3v) is 7.17. The van der Waals surface area contributed by atoms with Crippen LogP contribution in [0.25, 0.3) is 20.5 Å². The molecule has 1 saturated carbocycles. The van der Waals surface area contributed by atoms with Crippen LogP contribution in [0.2, 0.25) is 0 Å². The van der Waals surface area contributed by atoms with Crippen molar-refractivity contribution >= 4 is 27.4 Å². The van der Waals surface area contributed by atoms with E-state index < -0.39 is 11.8 Å². The van der Waals surface area contributed by atoms with E-state index in [-0.39, 0.29) is 11.7 Å². The van der Waals surface area contributed by atoms with E-state index in [0.717, 1.165) is 52.3 Å². The molecule has 0 atom stereocenters. The van der Waals surface area contributed by atoms with Crippen molar-refractivity contribution in [3.8, 4) is 16.2 Å². The zero-order valence-electron chi connectivity index (χ0n) is 18.2. The number of hydrogen-bond acceptors (Lipinski definition) is 4. The van der Waals surface area contributed by atoms with Gasteiger partial charge < -0.3 is 9.47 Å². The lowest BCUT2D eigenvalue weighted by molar-refractivity contribution is 0.0161. The summed E-state index contributed by atoms with van der Waals surface area (Å²) in [5.74, 6) is 0.730. The van der Waals surface area contributed by atoms with E-state index in [4.69, 9.17) is 9.47 Å². The third kappa shape index (κ3) is 5.09. The van der Waals surface area contributed by atoms with E-state index in [2.05, 4.69) is 6.92 Å². The minimum Gasteiger partial charge on any atom is -0.494 e. The Balaban J connectivity index is 1.45.